The van der Waals surface area contributed by atoms with Gasteiger partial charge in [0.05, 0.1) is 28.1 Å². The maximum Gasteiger partial charge on any atom is 0.488 e. The number of fused-ring (bicyclic) bond motifs is 3. The van der Waals surface area contributed by atoms with Crippen LogP contribution in [0.3, 0.4) is 0 Å². The third-order valence-corrected chi connectivity index (χ3v) is 6.20. The smallest absolute Gasteiger partial charge is 0.423 e. The summed E-state index contributed by atoms with van der Waals surface area (Å²) in [4.78, 5) is 5.00. The number of nitrogens with zero attached hydrogens (tertiary/aromatic N) is 2. The number of aromatic nitrogens is 2. The third-order valence-electron chi connectivity index (χ3n) is 6.20. The Morgan fingerprint density at radius 1 is 0.559 bits per heavy atom. The number of rotatable bonds is 4. The summed E-state index contributed by atoms with van der Waals surface area (Å²) in [6.07, 6.45) is 0. The van der Waals surface area contributed by atoms with Crippen molar-refractivity contribution in [2.45, 2.75) is 0 Å². The molecule has 34 heavy (non-hydrogen) atoms. The Bertz CT molecular complexity index is 1570. The van der Waals surface area contributed by atoms with E-state index in [0.29, 0.717) is 5.46 Å². The fourth-order valence-electron chi connectivity index (χ4n) is 4.59. The Hall–Kier alpha value is -4.19. The molecule has 4 aromatic carbocycles. The van der Waals surface area contributed by atoms with Gasteiger partial charge in [-0.3, -0.25) is 0 Å². The van der Waals surface area contributed by atoms with Crippen LogP contribution in [0.2, 0.25) is 0 Å². The molecule has 6 rings (SSSR count). The summed E-state index contributed by atoms with van der Waals surface area (Å²) in [7, 11) is -1.51. The first-order valence-corrected chi connectivity index (χ1v) is 11.2. The largest absolute Gasteiger partial charge is 0.488 e. The molecule has 0 atom stereocenters. The van der Waals surface area contributed by atoms with E-state index in [4.69, 9.17) is 4.98 Å². The summed E-state index contributed by atoms with van der Waals surface area (Å²) in [5.74, 6) is 0. The summed E-state index contributed by atoms with van der Waals surface area (Å²) >= 11 is 0. The van der Waals surface area contributed by atoms with Gasteiger partial charge >= 0.3 is 7.12 Å². The second-order valence-corrected chi connectivity index (χ2v) is 8.33. The number of pyridine rings is 1. The van der Waals surface area contributed by atoms with Gasteiger partial charge in [0.2, 0.25) is 0 Å². The van der Waals surface area contributed by atoms with E-state index in [2.05, 4.69) is 53.1 Å². The molecule has 0 spiro atoms. The minimum absolute atomic E-state index is 0.472. The summed E-state index contributed by atoms with van der Waals surface area (Å²) in [5.41, 5.74) is 7.40. The SMILES string of the molecule is OB(O)c1ccc2c(c1)c1ccccc1n2-c1cc(-c2ccccc2)nc(-c2ccccc2)c1. The van der Waals surface area contributed by atoms with Gasteiger partial charge in [-0.1, -0.05) is 91.0 Å². The second kappa shape index (κ2) is 8.30. The molecule has 0 bridgehead atoms. The molecule has 2 N–H and O–H groups in total. The molecule has 5 heteroatoms. The van der Waals surface area contributed by atoms with E-state index in [9.17, 15) is 10.0 Å². The van der Waals surface area contributed by atoms with Crippen molar-refractivity contribution >= 4 is 34.4 Å². The van der Waals surface area contributed by atoms with Crippen molar-refractivity contribution in [2.24, 2.45) is 0 Å². The molecular weight excluding hydrogens is 419 g/mol. The standard InChI is InChI=1S/C29H21BN2O2/c33-30(34)22-15-16-29-25(17-22)24-13-7-8-14-28(24)32(29)23-18-26(20-9-3-1-4-10-20)31-27(19-23)21-11-5-2-6-12-21/h1-19,33-34H. The fraction of sp³-hybridized carbons (Fsp3) is 0. The minimum atomic E-state index is -1.51. The van der Waals surface area contributed by atoms with Crippen molar-refractivity contribution in [2.75, 3.05) is 0 Å². The Morgan fingerprint density at radius 3 is 1.74 bits per heavy atom. The Labute approximate surface area is 197 Å². The first kappa shape index (κ1) is 20.4. The molecule has 6 aromatic rings. The van der Waals surface area contributed by atoms with Gasteiger partial charge in [-0.05, 0) is 29.7 Å². The van der Waals surface area contributed by atoms with Crippen molar-refractivity contribution in [3.05, 3.63) is 115 Å². The quantitative estimate of drug-likeness (QED) is 0.371. The maximum atomic E-state index is 9.74. The van der Waals surface area contributed by atoms with Crippen molar-refractivity contribution in [3.8, 4) is 28.2 Å². The zero-order chi connectivity index (χ0) is 23.1. The zero-order valence-electron chi connectivity index (χ0n) is 18.3. The van der Waals surface area contributed by atoms with Crippen molar-refractivity contribution in [1.29, 1.82) is 0 Å². The number of benzene rings is 4. The van der Waals surface area contributed by atoms with Crippen LogP contribution < -0.4 is 5.46 Å². The van der Waals surface area contributed by atoms with Gasteiger partial charge in [0.15, 0.2) is 0 Å². The van der Waals surface area contributed by atoms with Crippen LogP contribution in [0.4, 0.5) is 0 Å². The number of hydrogen-bond acceptors (Lipinski definition) is 3. The molecule has 4 nitrogen and oxygen atoms in total. The lowest BCUT2D eigenvalue weighted by molar-refractivity contribution is 0.426. The molecular formula is C29H21BN2O2. The third kappa shape index (κ3) is 3.48. The Balaban J connectivity index is 1.68. The highest BCUT2D eigenvalue weighted by Crippen LogP contribution is 2.34. The predicted octanol–water partition coefficient (Wildman–Crippen LogP) is 5.19. The van der Waals surface area contributed by atoms with Crippen LogP contribution in [0.25, 0.3) is 50.0 Å². The lowest BCUT2D eigenvalue weighted by Crippen LogP contribution is -2.29. The highest BCUT2D eigenvalue weighted by atomic mass is 16.4. The normalized spacial score (nSPS) is 11.2. The molecule has 0 fully saturated rings. The summed E-state index contributed by atoms with van der Waals surface area (Å²) < 4.78 is 2.22. The van der Waals surface area contributed by atoms with Crippen LogP contribution in [0, 0.1) is 0 Å². The molecule has 2 aromatic heterocycles. The van der Waals surface area contributed by atoms with E-state index >= 15 is 0 Å². The molecule has 0 radical (unpaired) electrons. The van der Waals surface area contributed by atoms with Crippen LogP contribution in [-0.4, -0.2) is 26.7 Å². The van der Waals surface area contributed by atoms with E-state index < -0.39 is 7.12 Å². The van der Waals surface area contributed by atoms with Crippen LogP contribution in [0.5, 0.6) is 0 Å². The molecule has 0 aliphatic carbocycles. The van der Waals surface area contributed by atoms with E-state index in [1.54, 1.807) is 6.07 Å². The summed E-state index contributed by atoms with van der Waals surface area (Å²) in [6.45, 7) is 0. The summed E-state index contributed by atoms with van der Waals surface area (Å²) in [6, 6.07) is 38.4. The molecule has 0 amide bonds. The molecule has 0 aliphatic rings. The molecule has 2 heterocycles. The Kier molecular flexibility index (Phi) is 4.99. The van der Waals surface area contributed by atoms with E-state index in [-0.39, 0.29) is 0 Å². The average Bonchev–Trinajstić information content (AvgIpc) is 3.23. The fourth-order valence-corrected chi connectivity index (χ4v) is 4.59. The van der Waals surface area contributed by atoms with Crippen LogP contribution in [-0.2, 0) is 0 Å². The van der Waals surface area contributed by atoms with Gasteiger partial charge in [0.25, 0.3) is 0 Å². The van der Waals surface area contributed by atoms with Crippen molar-refractivity contribution in [1.82, 2.24) is 9.55 Å². The highest BCUT2D eigenvalue weighted by molar-refractivity contribution is 6.59. The molecule has 0 saturated carbocycles. The van der Waals surface area contributed by atoms with Gasteiger partial charge in [-0.15, -0.1) is 0 Å². The summed E-state index contributed by atoms with van der Waals surface area (Å²) in [5, 5.41) is 21.5. The monoisotopic (exact) mass is 440 g/mol. The lowest BCUT2D eigenvalue weighted by Gasteiger charge is -2.13. The zero-order valence-corrected chi connectivity index (χ0v) is 18.3. The minimum Gasteiger partial charge on any atom is -0.423 e. The average molecular weight is 440 g/mol. The molecule has 0 saturated heterocycles. The van der Waals surface area contributed by atoms with Crippen LogP contribution >= 0.6 is 0 Å². The van der Waals surface area contributed by atoms with Crippen molar-refractivity contribution in [3.63, 3.8) is 0 Å². The topological polar surface area (TPSA) is 58.3 Å². The second-order valence-electron chi connectivity index (χ2n) is 8.33. The first-order valence-electron chi connectivity index (χ1n) is 11.2. The molecule has 0 unspecified atom stereocenters. The number of para-hydroxylation sites is 1. The first-order chi connectivity index (χ1) is 16.7. The van der Waals surface area contributed by atoms with Crippen LogP contribution in [0.1, 0.15) is 0 Å². The van der Waals surface area contributed by atoms with E-state index in [0.717, 1.165) is 50.0 Å². The van der Waals surface area contributed by atoms with Gasteiger partial charge in [-0.2, -0.15) is 0 Å². The van der Waals surface area contributed by atoms with Gasteiger partial charge in [0.1, 0.15) is 0 Å². The van der Waals surface area contributed by atoms with Gasteiger partial charge in [0, 0.05) is 21.9 Å². The van der Waals surface area contributed by atoms with Crippen molar-refractivity contribution < 1.29 is 10.0 Å². The van der Waals surface area contributed by atoms with Gasteiger partial charge in [-0.25, -0.2) is 4.98 Å². The van der Waals surface area contributed by atoms with E-state index in [1.165, 1.54) is 0 Å². The predicted molar refractivity (Wildman–Crippen MR) is 139 cm³/mol. The highest BCUT2D eigenvalue weighted by Gasteiger charge is 2.18. The Morgan fingerprint density at radius 2 is 1.12 bits per heavy atom. The van der Waals surface area contributed by atoms with E-state index in [1.807, 2.05) is 60.7 Å². The number of hydrogen-bond donors (Lipinski definition) is 2. The molecule has 162 valence electrons. The lowest BCUT2D eigenvalue weighted by atomic mass is 9.80. The van der Waals surface area contributed by atoms with Crippen LogP contribution in [0.15, 0.2) is 115 Å². The maximum absolute atomic E-state index is 9.74. The van der Waals surface area contributed by atoms with Gasteiger partial charge < -0.3 is 14.6 Å². The molecule has 0 aliphatic heterocycles.